The van der Waals surface area contributed by atoms with Crippen LogP contribution < -0.4 is 0 Å². The Morgan fingerprint density at radius 2 is 2.12 bits per heavy atom. The van der Waals surface area contributed by atoms with Gasteiger partial charge in [0.05, 0.1) is 17.4 Å². The summed E-state index contributed by atoms with van der Waals surface area (Å²) in [4.78, 5) is 18.9. The van der Waals surface area contributed by atoms with Crippen LogP contribution in [0.15, 0.2) is 41.2 Å². The smallest absolute Gasteiger partial charge is 0.257 e. The average Bonchev–Trinajstić information content (AvgIpc) is 3.31. The summed E-state index contributed by atoms with van der Waals surface area (Å²) in [5.74, 6) is 1.52. The fourth-order valence-electron chi connectivity index (χ4n) is 3.18. The molecule has 3 heterocycles. The quantitative estimate of drug-likeness (QED) is 0.706. The van der Waals surface area contributed by atoms with Gasteiger partial charge in [-0.2, -0.15) is 10.1 Å². The van der Waals surface area contributed by atoms with E-state index >= 15 is 0 Å². The minimum Gasteiger partial charge on any atom is -0.339 e. The summed E-state index contributed by atoms with van der Waals surface area (Å²) in [5.41, 5.74) is 1.39. The van der Waals surface area contributed by atoms with Gasteiger partial charge in [0.2, 0.25) is 5.89 Å². The van der Waals surface area contributed by atoms with E-state index in [0.717, 1.165) is 18.5 Å². The Balaban J connectivity index is 1.43. The zero-order chi connectivity index (χ0) is 18.1. The molecule has 1 aromatic carbocycles. The van der Waals surface area contributed by atoms with Crippen molar-refractivity contribution in [2.75, 3.05) is 13.1 Å². The van der Waals surface area contributed by atoms with Gasteiger partial charge in [-0.3, -0.25) is 4.79 Å². The monoisotopic (exact) mass is 371 g/mol. The van der Waals surface area contributed by atoms with Crippen LogP contribution in [0.2, 0.25) is 5.02 Å². The van der Waals surface area contributed by atoms with Gasteiger partial charge < -0.3 is 9.42 Å². The number of aryl methyl sites for hydroxylation is 1. The van der Waals surface area contributed by atoms with E-state index in [1.165, 1.54) is 0 Å². The molecule has 0 bridgehead atoms. The van der Waals surface area contributed by atoms with Crippen molar-refractivity contribution in [2.24, 2.45) is 0 Å². The molecule has 26 heavy (non-hydrogen) atoms. The predicted octanol–water partition coefficient (Wildman–Crippen LogP) is 3.24. The molecule has 8 heteroatoms. The molecule has 134 valence electrons. The van der Waals surface area contributed by atoms with E-state index in [9.17, 15) is 4.79 Å². The zero-order valence-electron chi connectivity index (χ0n) is 14.3. The van der Waals surface area contributed by atoms with Crippen LogP contribution in [0.3, 0.4) is 0 Å². The highest BCUT2D eigenvalue weighted by Crippen LogP contribution is 2.27. The molecule has 0 radical (unpaired) electrons. The molecule has 0 atom stereocenters. The number of hydrogen-bond donors (Lipinski definition) is 0. The molecular weight excluding hydrogens is 354 g/mol. The predicted molar refractivity (Wildman–Crippen MR) is 95.5 cm³/mol. The number of hydrogen-bond acceptors (Lipinski definition) is 5. The molecule has 0 saturated carbocycles. The molecule has 0 spiro atoms. The normalized spacial score (nSPS) is 15.4. The topological polar surface area (TPSA) is 77.0 Å². The number of piperidine rings is 1. The summed E-state index contributed by atoms with van der Waals surface area (Å²) in [6, 6.07) is 7.35. The second-order valence-corrected chi connectivity index (χ2v) is 6.84. The van der Waals surface area contributed by atoms with Crippen molar-refractivity contribution in [3.63, 3.8) is 0 Å². The van der Waals surface area contributed by atoms with Crippen molar-refractivity contribution in [1.29, 1.82) is 0 Å². The van der Waals surface area contributed by atoms with E-state index in [4.69, 9.17) is 16.1 Å². The molecule has 1 saturated heterocycles. The van der Waals surface area contributed by atoms with Gasteiger partial charge in [0.15, 0.2) is 5.82 Å². The van der Waals surface area contributed by atoms with E-state index in [1.54, 1.807) is 29.2 Å². The molecule has 3 aromatic rings. The van der Waals surface area contributed by atoms with Gasteiger partial charge in [-0.15, -0.1) is 0 Å². The van der Waals surface area contributed by atoms with Crippen LogP contribution in [0, 0.1) is 6.92 Å². The Kier molecular flexibility index (Phi) is 4.46. The summed E-state index contributed by atoms with van der Waals surface area (Å²) in [6.07, 6.45) is 4.96. The lowest BCUT2D eigenvalue weighted by molar-refractivity contribution is 0.0704. The van der Waals surface area contributed by atoms with E-state index in [0.29, 0.717) is 35.4 Å². The first-order chi connectivity index (χ1) is 12.6. The summed E-state index contributed by atoms with van der Waals surface area (Å²) >= 11 is 6.02. The van der Waals surface area contributed by atoms with Gasteiger partial charge in [-0.1, -0.05) is 22.8 Å². The number of aromatic nitrogens is 4. The lowest BCUT2D eigenvalue weighted by atomic mass is 9.96. The highest BCUT2D eigenvalue weighted by atomic mass is 35.5. The summed E-state index contributed by atoms with van der Waals surface area (Å²) in [6.45, 7) is 3.13. The lowest BCUT2D eigenvalue weighted by Crippen LogP contribution is -2.37. The molecule has 1 aliphatic heterocycles. The van der Waals surface area contributed by atoms with Gasteiger partial charge >= 0.3 is 0 Å². The number of amides is 1. The van der Waals surface area contributed by atoms with Gasteiger partial charge in [-0.05, 0) is 38.0 Å². The Labute approximate surface area is 155 Å². The first kappa shape index (κ1) is 16.8. The van der Waals surface area contributed by atoms with Crippen molar-refractivity contribution in [3.8, 4) is 5.69 Å². The molecule has 2 aromatic heterocycles. The van der Waals surface area contributed by atoms with Crippen molar-refractivity contribution < 1.29 is 9.32 Å². The van der Waals surface area contributed by atoms with Crippen LogP contribution in [0.1, 0.15) is 40.8 Å². The van der Waals surface area contributed by atoms with Crippen molar-refractivity contribution in [3.05, 3.63) is 59.0 Å². The molecule has 7 nitrogen and oxygen atoms in total. The first-order valence-corrected chi connectivity index (χ1v) is 8.88. The number of carbonyl (C=O) groups excluding carboxylic acids is 1. The van der Waals surface area contributed by atoms with Crippen molar-refractivity contribution >= 4 is 17.5 Å². The van der Waals surface area contributed by atoms with E-state index < -0.39 is 0 Å². The maximum atomic E-state index is 12.8. The van der Waals surface area contributed by atoms with E-state index in [2.05, 4.69) is 15.2 Å². The first-order valence-electron chi connectivity index (χ1n) is 8.50. The third-order valence-electron chi connectivity index (χ3n) is 4.58. The molecule has 1 fully saturated rings. The van der Waals surface area contributed by atoms with Gasteiger partial charge in [0.25, 0.3) is 5.91 Å². The Bertz CT molecular complexity index is 927. The molecule has 1 amide bonds. The fourth-order valence-corrected chi connectivity index (χ4v) is 3.37. The van der Waals surface area contributed by atoms with Crippen molar-refractivity contribution in [2.45, 2.75) is 25.7 Å². The summed E-state index contributed by atoms with van der Waals surface area (Å²) in [7, 11) is 0. The standard InChI is InChI=1S/C18H18ClN5O2/c1-12-21-17(26-22-12)13-5-7-23(8-6-13)18(25)14-10-20-24(11-14)16-4-2-3-15(19)9-16/h2-4,9-11,13H,5-8H2,1H3. The molecule has 0 aliphatic carbocycles. The zero-order valence-corrected chi connectivity index (χ0v) is 15.1. The Morgan fingerprint density at radius 3 is 2.81 bits per heavy atom. The van der Waals surface area contributed by atoms with Crippen molar-refractivity contribution in [1.82, 2.24) is 24.8 Å². The maximum absolute atomic E-state index is 12.8. The summed E-state index contributed by atoms with van der Waals surface area (Å²) < 4.78 is 6.92. The van der Waals surface area contributed by atoms with Crippen LogP contribution in [0.4, 0.5) is 0 Å². The third-order valence-corrected chi connectivity index (χ3v) is 4.81. The molecule has 0 N–H and O–H groups in total. The Morgan fingerprint density at radius 1 is 1.31 bits per heavy atom. The maximum Gasteiger partial charge on any atom is 0.257 e. The largest absolute Gasteiger partial charge is 0.339 e. The average molecular weight is 372 g/mol. The number of likely N-dealkylation sites (tertiary alicyclic amines) is 1. The third kappa shape index (κ3) is 3.35. The summed E-state index contributed by atoms with van der Waals surface area (Å²) in [5, 5.41) is 8.76. The number of rotatable bonds is 3. The second-order valence-electron chi connectivity index (χ2n) is 6.40. The lowest BCUT2D eigenvalue weighted by Gasteiger charge is -2.30. The van der Waals surface area contributed by atoms with Crippen LogP contribution in [0.25, 0.3) is 5.69 Å². The van der Waals surface area contributed by atoms with E-state index in [1.807, 2.05) is 24.0 Å². The van der Waals surface area contributed by atoms with Crippen LogP contribution >= 0.6 is 11.6 Å². The minimum absolute atomic E-state index is 0.0153. The number of benzene rings is 1. The molecule has 1 aliphatic rings. The number of nitrogens with zero attached hydrogens (tertiary/aromatic N) is 5. The SMILES string of the molecule is Cc1noc(C2CCN(C(=O)c3cnn(-c4cccc(Cl)c4)c3)CC2)n1. The number of halogens is 1. The molecule has 0 unspecified atom stereocenters. The molecular formula is C18H18ClN5O2. The number of carbonyl (C=O) groups is 1. The van der Waals surface area contributed by atoms with Gasteiger partial charge in [-0.25, -0.2) is 4.68 Å². The highest BCUT2D eigenvalue weighted by molar-refractivity contribution is 6.30. The fraction of sp³-hybridized carbons (Fsp3) is 0.333. The highest BCUT2D eigenvalue weighted by Gasteiger charge is 2.28. The van der Waals surface area contributed by atoms with Gasteiger partial charge in [0, 0.05) is 30.2 Å². The minimum atomic E-state index is -0.0153. The van der Waals surface area contributed by atoms with Gasteiger partial charge in [0.1, 0.15) is 0 Å². The Hall–Kier alpha value is -2.67. The van der Waals surface area contributed by atoms with Crippen LogP contribution in [0.5, 0.6) is 0 Å². The van der Waals surface area contributed by atoms with Crippen LogP contribution in [-0.2, 0) is 0 Å². The van der Waals surface area contributed by atoms with E-state index in [-0.39, 0.29) is 11.8 Å². The van der Waals surface area contributed by atoms with Crippen LogP contribution in [-0.4, -0.2) is 43.8 Å². The molecule has 4 rings (SSSR count). The second kappa shape index (κ2) is 6.92.